The molecule has 7 heteroatoms. The zero-order valence-electron chi connectivity index (χ0n) is 12.0. The van der Waals surface area contributed by atoms with Gasteiger partial charge in [-0.1, -0.05) is 5.16 Å². The third-order valence-electron chi connectivity index (χ3n) is 2.82. The van der Waals surface area contributed by atoms with Gasteiger partial charge in [-0.3, -0.25) is 4.98 Å². The molecule has 20 heavy (non-hydrogen) atoms. The van der Waals surface area contributed by atoms with Gasteiger partial charge in [0.2, 0.25) is 0 Å². The molecule has 0 aliphatic rings. The number of methoxy groups -OCH3 is 2. The van der Waals surface area contributed by atoms with E-state index in [9.17, 15) is 0 Å². The lowest BCUT2D eigenvalue weighted by Crippen LogP contribution is -2.32. The van der Waals surface area contributed by atoms with E-state index in [0.29, 0.717) is 25.5 Å². The van der Waals surface area contributed by atoms with Gasteiger partial charge in [0.05, 0.1) is 12.3 Å². The summed E-state index contributed by atoms with van der Waals surface area (Å²) in [6.07, 6.45) is 2.48. The molecule has 7 nitrogen and oxygen atoms in total. The molecule has 1 aromatic rings. The molecule has 112 valence electrons. The maximum Gasteiger partial charge on any atom is 0.190 e. The van der Waals surface area contributed by atoms with Crippen LogP contribution in [-0.4, -0.2) is 56.5 Å². The van der Waals surface area contributed by atoms with Gasteiger partial charge in [-0.05, 0) is 18.6 Å². The summed E-state index contributed by atoms with van der Waals surface area (Å²) in [6.45, 7) is 2.71. The van der Waals surface area contributed by atoms with E-state index in [1.807, 2.05) is 12.1 Å². The van der Waals surface area contributed by atoms with Crippen molar-refractivity contribution in [2.45, 2.75) is 6.42 Å². The molecular formula is C13H22N4O3. The van der Waals surface area contributed by atoms with Crippen LogP contribution in [0.5, 0.6) is 0 Å². The molecule has 0 saturated heterocycles. The van der Waals surface area contributed by atoms with Crippen LogP contribution in [0.4, 0.5) is 5.69 Å². The standard InChI is InChI=1S/C13H22N4O3/c1-19-9-4-7-17(8-10-20-2)11-5-3-6-15-12(11)13(14)16-18/h3,5-6,18H,4,7-10H2,1-2H3,(H2,14,16). The van der Waals surface area contributed by atoms with Crippen LogP contribution >= 0.6 is 0 Å². The Balaban J connectivity index is 2.93. The number of ether oxygens (including phenoxy) is 2. The van der Waals surface area contributed by atoms with Crippen LogP contribution in [0.1, 0.15) is 12.1 Å². The third-order valence-corrected chi connectivity index (χ3v) is 2.82. The van der Waals surface area contributed by atoms with Crippen molar-refractivity contribution in [1.29, 1.82) is 0 Å². The Morgan fingerprint density at radius 3 is 2.75 bits per heavy atom. The third kappa shape index (κ3) is 4.67. The maximum atomic E-state index is 8.84. The molecule has 0 aromatic carbocycles. The van der Waals surface area contributed by atoms with Crippen LogP contribution in [0, 0.1) is 0 Å². The van der Waals surface area contributed by atoms with Crippen LogP contribution < -0.4 is 10.6 Å². The van der Waals surface area contributed by atoms with Crippen LogP contribution in [0.2, 0.25) is 0 Å². The summed E-state index contributed by atoms with van der Waals surface area (Å²) in [5, 5.41) is 11.9. The highest BCUT2D eigenvalue weighted by atomic mass is 16.5. The summed E-state index contributed by atoms with van der Waals surface area (Å²) in [5.41, 5.74) is 6.95. The minimum atomic E-state index is -0.00485. The Labute approximate surface area is 119 Å². The van der Waals surface area contributed by atoms with Gasteiger partial charge in [0, 0.05) is 40.1 Å². The Kier molecular flexibility index (Phi) is 7.38. The minimum absolute atomic E-state index is 0.00485. The highest BCUT2D eigenvalue weighted by Gasteiger charge is 2.14. The van der Waals surface area contributed by atoms with E-state index >= 15 is 0 Å². The molecule has 0 atom stereocenters. The quantitative estimate of drug-likeness (QED) is 0.227. The van der Waals surface area contributed by atoms with Gasteiger partial charge in [-0.25, -0.2) is 0 Å². The number of aromatic nitrogens is 1. The number of hydrogen-bond donors (Lipinski definition) is 2. The Morgan fingerprint density at radius 1 is 1.35 bits per heavy atom. The zero-order valence-corrected chi connectivity index (χ0v) is 12.0. The highest BCUT2D eigenvalue weighted by molar-refractivity contribution is 6.00. The van der Waals surface area contributed by atoms with Gasteiger partial charge in [0.25, 0.3) is 0 Å². The second kappa shape index (κ2) is 9.11. The molecule has 0 radical (unpaired) electrons. The molecule has 1 rings (SSSR count). The first-order valence-corrected chi connectivity index (χ1v) is 6.40. The topological polar surface area (TPSA) is 93.2 Å². The average Bonchev–Trinajstić information content (AvgIpc) is 2.50. The first-order chi connectivity index (χ1) is 9.74. The molecule has 1 heterocycles. The lowest BCUT2D eigenvalue weighted by molar-refractivity contribution is 0.191. The molecule has 0 fully saturated rings. The van der Waals surface area contributed by atoms with Crippen molar-refractivity contribution >= 4 is 11.5 Å². The average molecular weight is 282 g/mol. The van der Waals surface area contributed by atoms with Crippen molar-refractivity contribution in [3.8, 4) is 0 Å². The number of pyridine rings is 1. The number of nitrogens with two attached hydrogens (primary N) is 1. The van der Waals surface area contributed by atoms with Gasteiger partial charge < -0.3 is 25.3 Å². The van der Waals surface area contributed by atoms with E-state index < -0.39 is 0 Å². The number of anilines is 1. The van der Waals surface area contributed by atoms with E-state index in [0.717, 1.165) is 18.7 Å². The summed E-state index contributed by atoms with van der Waals surface area (Å²) < 4.78 is 10.2. The fourth-order valence-corrected chi connectivity index (χ4v) is 1.85. The van der Waals surface area contributed by atoms with Crippen LogP contribution in [0.25, 0.3) is 0 Å². The van der Waals surface area contributed by atoms with E-state index in [-0.39, 0.29) is 5.84 Å². The number of hydrogen-bond acceptors (Lipinski definition) is 6. The molecule has 0 spiro atoms. The first-order valence-electron chi connectivity index (χ1n) is 6.40. The first kappa shape index (κ1) is 16.2. The minimum Gasteiger partial charge on any atom is -0.409 e. The fraction of sp³-hybridized carbons (Fsp3) is 0.538. The SMILES string of the molecule is COCCCN(CCOC)c1cccnc1/C(N)=N/O. The number of oxime groups is 1. The van der Waals surface area contributed by atoms with Crippen LogP contribution in [-0.2, 0) is 9.47 Å². The molecule has 3 N–H and O–H groups in total. The maximum absolute atomic E-state index is 8.84. The van der Waals surface area contributed by atoms with Crippen molar-refractivity contribution in [2.75, 3.05) is 45.4 Å². The van der Waals surface area contributed by atoms with Crippen molar-refractivity contribution in [3.05, 3.63) is 24.0 Å². The van der Waals surface area contributed by atoms with Gasteiger partial charge in [0.1, 0.15) is 5.69 Å². The van der Waals surface area contributed by atoms with Crippen molar-refractivity contribution in [2.24, 2.45) is 10.9 Å². The lowest BCUT2D eigenvalue weighted by atomic mass is 10.2. The number of rotatable bonds is 9. The monoisotopic (exact) mass is 282 g/mol. The second-order valence-electron chi connectivity index (χ2n) is 4.18. The largest absolute Gasteiger partial charge is 0.409 e. The van der Waals surface area contributed by atoms with Gasteiger partial charge in [-0.15, -0.1) is 0 Å². The van der Waals surface area contributed by atoms with Crippen molar-refractivity contribution < 1.29 is 14.7 Å². The van der Waals surface area contributed by atoms with Crippen LogP contribution in [0.3, 0.4) is 0 Å². The van der Waals surface area contributed by atoms with Gasteiger partial charge in [0.15, 0.2) is 5.84 Å². The van der Waals surface area contributed by atoms with Gasteiger partial charge >= 0.3 is 0 Å². The summed E-state index contributed by atoms with van der Waals surface area (Å²) in [7, 11) is 3.33. The molecule has 0 unspecified atom stereocenters. The van der Waals surface area contributed by atoms with Crippen LogP contribution in [0.15, 0.2) is 23.5 Å². The predicted molar refractivity (Wildman–Crippen MR) is 77.3 cm³/mol. The lowest BCUT2D eigenvalue weighted by Gasteiger charge is -2.26. The molecule has 0 aliphatic heterocycles. The Hall–Kier alpha value is -1.86. The molecule has 0 bridgehead atoms. The zero-order chi connectivity index (χ0) is 14.8. The van der Waals surface area contributed by atoms with E-state index in [4.69, 9.17) is 20.4 Å². The van der Waals surface area contributed by atoms with E-state index in [1.165, 1.54) is 0 Å². The fourth-order valence-electron chi connectivity index (χ4n) is 1.85. The van der Waals surface area contributed by atoms with Crippen molar-refractivity contribution in [1.82, 2.24) is 4.98 Å². The highest BCUT2D eigenvalue weighted by Crippen LogP contribution is 2.18. The molecule has 0 amide bonds. The van der Waals surface area contributed by atoms with Gasteiger partial charge in [-0.2, -0.15) is 0 Å². The van der Waals surface area contributed by atoms with E-state index in [1.54, 1.807) is 20.4 Å². The number of nitrogens with zero attached hydrogens (tertiary/aromatic N) is 3. The summed E-state index contributed by atoms with van der Waals surface area (Å²) in [4.78, 5) is 6.26. The predicted octanol–water partition coefficient (Wildman–Crippen LogP) is 0.665. The Morgan fingerprint density at radius 2 is 2.10 bits per heavy atom. The summed E-state index contributed by atoms with van der Waals surface area (Å²) in [6, 6.07) is 3.71. The number of amidine groups is 1. The molecule has 0 aliphatic carbocycles. The Bertz CT molecular complexity index is 426. The second-order valence-corrected chi connectivity index (χ2v) is 4.18. The smallest absolute Gasteiger partial charge is 0.190 e. The molecular weight excluding hydrogens is 260 g/mol. The normalized spacial score (nSPS) is 11.6. The molecule has 0 saturated carbocycles. The van der Waals surface area contributed by atoms with Crippen molar-refractivity contribution in [3.63, 3.8) is 0 Å². The summed E-state index contributed by atoms with van der Waals surface area (Å²) >= 11 is 0. The van der Waals surface area contributed by atoms with E-state index in [2.05, 4.69) is 15.0 Å². The summed E-state index contributed by atoms with van der Waals surface area (Å²) in [5.74, 6) is -0.00485. The molecule has 1 aromatic heterocycles.